The third kappa shape index (κ3) is 3.24. The van der Waals surface area contributed by atoms with Crippen LogP contribution in [0.3, 0.4) is 0 Å². The molecular formula is C15H24IN3O. The molecule has 112 valence electrons. The smallest absolute Gasteiger partial charge is 0.160 e. The number of methoxy groups -OCH3 is 1. The molecule has 1 atom stereocenters. The van der Waals surface area contributed by atoms with E-state index in [0.29, 0.717) is 11.7 Å². The molecule has 1 aromatic rings. The number of nitrogens with two attached hydrogens (primary N) is 1. The molecule has 1 aromatic heterocycles. The number of anilines is 1. The third-order valence-corrected chi connectivity index (χ3v) is 5.02. The largest absolute Gasteiger partial charge is 0.383 e. The van der Waals surface area contributed by atoms with E-state index in [1.54, 1.807) is 7.11 Å². The van der Waals surface area contributed by atoms with Crippen LogP contribution in [0.4, 0.5) is 5.82 Å². The first-order valence-corrected chi connectivity index (χ1v) is 8.28. The van der Waals surface area contributed by atoms with Gasteiger partial charge >= 0.3 is 0 Å². The Morgan fingerprint density at radius 2 is 1.85 bits per heavy atom. The monoisotopic (exact) mass is 389 g/mol. The van der Waals surface area contributed by atoms with Crippen LogP contribution in [0.25, 0.3) is 0 Å². The first-order chi connectivity index (χ1) is 9.34. The van der Waals surface area contributed by atoms with Crippen LogP contribution < -0.4 is 5.73 Å². The number of ether oxygens (including phenoxy) is 1. The molecule has 1 saturated carbocycles. The van der Waals surface area contributed by atoms with Gasteiger partial charge in [-0.1, -0.05) is 33.6 Å². The fraction of sp³-hybridized carbons (Fsp3) is 0.733. The van der Waals surface area contributed by atoms with Gasteiger partial charge in [0, 0.05) is 13.0 Å². The van der Waals surface area contributed by atoms with Gasteiger partial charge in [-0.05, 0) is 40.8 Å². The van der Waals surface area contributed by atoms with Crippen LogP contribution in [0.5, 0.6) is 0 Å². The zero-order valence-electron chi connectivity index (χ0n) is 12.7. The summed E-state index contributed by atoms with van der Waals surface area (Å²) in [5.74, 6) is 1.84. The molecule has 5 heteroatoms. The molecule has 0 bridgehead atoms. The Labute approximate surface area is 135 Å². The second-order valence-corrected chi connectivity index (χ2v) is 7.71. The number of nitrogens with zero attached hydrogens (tertiary/aromatic N) is 2. The molecule has 20 heavy (non-hydrogen) atoms. The number of hydrogen-bond acceptors (Lipinski definition) is 4. The molecule has 4 nitrogen and oxygen atoms in total. The van der Waals surface area contributed by atoms with E-state index in [1.165, 1.54) is 25.7 Å². The summed E-state index contributed by atoms with van der Waals surface area (Å²) >= 11 is 2.28. The van der Waals surface area contributed by atoms with Crippen LogP contribution in [0.15, 0.2) is 0 Å². The van der Waals surface area contributed by atoms with Crippen LogP contribution in [-0.4, -0.2) is 17.1 Å². The summed E-state index contributed by atoms with van der Waals surface area (Å²) in [7, 11) is 1.71. The molecule has 0 aliphatic heterocycles. The summed E-state index contributed by atoms with van der Waals surface area (Å²) in [6, 6.07) is 0. The van der Waals surface area contributed by atoms with Gasteiger partial charge in [-0.3, -0.25) is 0 Å². The summed E-state index contributed by atoms with van der Waals surface area (Å²) in [5.41, 5.74) is 7.18. The minimum atomic E-state index is -0.137. The Morgan fingerprint density at radius 1 is 1.25 bits per heavy atom. The summed E-state index contributed by atoms with van der Waals surface area (Å²) in [6.45, 7) is 6.40. The number of halogens is 1. The van der Waals surface area contributed by atoms with Crippen LogP contribution >= 0.6 is 22.6 Å². The quantitative estimate of drug-likeness (QED) is 0.793. The van der Waals surface area contributed by atoms with Crippen molar-refractivity contribution in [3.05, 3.63) is 15.1 Å². The van der Waals surface area contributed by atoms with Gasteiger partial charge in [-0.2, -0.15) is 0 Å². The van der Waals surface area contributed by atoms with Gasteiger partial charge < -0.3 is 10.5 Å². The van der Waals surface area contributed by atoms with E-state index in [2.05, 4.69) is 48.3 Å². The second-order valence-electron chi connectivity index (χ2n) is 6.63. The molecule has 0 aromatic carbocycles. The van der Waals surface area contributed by atoms with E-state index in [4.69, 9.17) is 15.5 Å². The Hall–Kier alpha value is -0.430. The topological polar surface area (TPSA) is 61.0 Å². The Morgan fingerprint density at radius 3 is 2.35 bits per heavy atom. The molecule has 1 fully saturated rings. The van der Waals surface area contributed by atoms with Crippen LogP contribution in [-0.2, 0) is 4.74 Å². The first-order valence-electron chi connectivity index (χ1n) is 7.20. The summed E-state index contributed by atoms with van der Waals surface area (Å²) < 4.78 is 6.65. The van der Waals surface area contributed by atoms with Crippen LogP contribution in [0.2, 0.25) is 0 Å². The van der Waals surface area contributed by atoms with Crippen molar-refractivity contribution in [2.75, 3.05) is 12.8 Å². The fourth-order valence-corrected chi connectivity index (χ4v) is 3.62. The van der Waals surface area contributed by atoms with Gasteiger partial charge in [-0.15, -0.1) is 0 Å². The van der Waals surface area contributed by atoms with Gasteiger partial charge in [0.2, 0.25) is 0 Å². The van der Waals surface area contributed by atoms with E-state index in [9.17, 15) is 0 Å². The second kappa shape index (κ2) is 6.13. The van der Waals surface area contributed by atoms with Crippen molar-refractivity contribution in [2.45, 2.75) is 58.5 Å². The lowest BCUT2D eigenvalue weighted by Crippen LogP contribution is -2.24. The summed E-state index contributed by atoms with van der Waals surface area (Å²) in [5, 5.41) is 0. The van der Waals surface area contributed by atoms with Gasteiger partial charge in [0.05, 0.1) is 9.26 Å². The molecule has 0 saturated heterocycles. The zero-order chi connectivity index (χ0) is 14.9. The first kappa shape index (κ1) is 15.9. The fourth-order valence-electron chi connectivity index (χ4n) is 2.93. The lowest BCUT2D eigenvalue weighted by Gasteiger charge is -2.29. The van der Waals surface area contributed by atoms with E-state index in [0.717, 1.165) is 15.1 Å². The van der Waals surface area contributed by atoms with E-state index >= 15 is 0 Å². The number of hydrogen-bond donors (Lipinski definition) is 1. The maximum atomic E-state index is 6.11. The average Bonchev–Trinajstić information content (AvgIpc) is 2.86. The SMILES string of the molecule is COC(c1nc(N)c(I)c(C2CCCC2)n1)C(C)(C)C. The maximum absolute atomic E-state index is 6.11. The summed E-state index contributed by atoms with van der Waals surface area (Å²) in [4.78, 5) is 9.31. The van der Waals surface area contributed by atoms with Gasteiger partial charge in [-0.25, -0.2) is 9.97 Å². The predicted molar refractivity (Wildman–Crippen MR) is 89.6 cm³/mol. The molecule has 1 aliphatic carbocycles. The Bertz CT molecular complexity index is 479. The molecule has 1 aliphatic rings. The average molecular weight is 389 g/mol. The molecule has 1 unspecified atom stereocenters. The highest BCUT2D eigenvalue weighted by atomic mass is 127. The van der Waals surface area contributed by atoms with Crippen molar-refractivity contribution < 1.29 is 4.74 Å². The van der Waals surface area contributed by atoms with Crippen molar-refractivity contribution in [3.8, 4) is 0 Å². The maximum Gasteiger partial charge on any atom is 0.160 e. The standard InChI is InChI=1S/C15H24IN3O/c1-15(2,3)12(20-4)14-18-11(9-7-5-6-8-9)10(16)13(17)19-14/h9,12H,5-8H2,1-4H3,(H2,17,18,19). The van der Waals surface area contributed by atoms with Gasteiger partial charge in [0.25, 0.3) is 0 Å². The van der Waals surface area contributed by atoms with Gasteiger partial charge in [0.15, 0.2) is 5.82 Å². The van der Waals surface area contributed by atoms with Crippen molar-refractivity contribution >= 4 is 28.4 Å². The van der Waals surface area contributed by atoms with Crippen molar-refractivity contribution in [1.29, 1.82) is 0 Å². The molecule has 2 N–H and O–H groups in total. The number of aromatic nitrogens is 2. The van der Waals surface area contributed by atoms with Crippen molar-refractivity contribution in [3.63, 3.8) is 0 Å². The lowest BCUT2D eigenvalue weighted by atomic mass is 9.88. The van der Waals surface area contributed by atoms with Gasteiger partial charge in [0.1, 0.15) is 11.9 Å². The van der Waals surface area contributed by atoms with Crippen LogP contribution in [0.1, 0.15) is 70.0 Å². The lowest BCUT2D eigenvalue weighted by molar-refractivity contribution is 0.00854. The number of nitrogen functional groups attached to an aromatic ring is 1. The molecule has 0 radical (unpaired) electrons. The predicted octanol–water partition coefficient (Wildman–Crippen LogP) is 4.05. The minimum Gasteiger partial charge on any atom is -0.383 e. The third-order valence-electron chi connectivity index (χ3n) is 3.92. The Kier molecular flexibility index (Phi) is 4.89. The van der Waals surface area contributed by atoms with Crippen molar-refractivity contribution in [1.82, 2.24) is 9.97 Å². The highest BCUT2D eigenvalue weighted by Crippen LogP contribution is 2.39. The number of rotatable bonds is 3. The van der Waals surface area contributed by atoms with E-state index < -0.39 is 0 Å². The normalized spacial score (nSPS) is 18.4. The van der Waals surface area contributed by atoms with Crippen LogP contribution in [0, 0.1) is 8.99 Å². The highest BCUT2D eigenvalue weighted by Gasteiger charge is 2.31. The molecule has 0 spiro atoms. The summed E-state index contributed by atoms with van der Waals surface area (Å²) in [6.07, 6.45) is 4.85. The van der Waals surface area contributed by atoms with E-state index in [-0.39, 0.29) is 11.5 Å². The zero-order valence-corrected chi connectivity index (χ0v) is 14.9. The Balaban J connectivity index is 2.44. The molecule has 0 amide bonds. The van der Waals surface area contributed by atoms with E-state index in [1.807, 2.05) is 0 Å². The molecule has 1 heterocycles. The highest BCUT2D eigenvalue weighted by molar-refractivity contribution is 14.1. The molecule has 2 rings (SSSR count). The minimum absolute atomic E-state index is 0.0546. The molecular weight excluding hydrogens is 365 g/mol. The van der Waals surface area contributed by atoms with Crippen molar-refractivity contribution in [2.24, 2.45) is 5.41 Å².